The number of anilines is 1. The maximum absolute atomic E-state index is 13.7. The molecule has 9 heteroatoms. The monoisotopic (exact) mass is 599 g/mol. The number of carbonyl (C=O) groups is 2. The van der Waals surface area contributed by atoms with E-state index in [1.165, 1.54) is 4.90 Å². The van der Waals surface area contributed by atoms with Gasteiger partial charge in [0, 0.05) is 16.2 Å². The lowest BCUT2D eigenvalue weighted by Gasteiger charge is -2.33. The van der Waals surface area contributed by atoms with Crippen LogP contribution in [0.25, 0.3) is 0 Å². The minimum atomic E-state index is -3.73. The Bertz CT molecular complexity index is 1090. The molecular formula is C25H34IN3O4S. The predicted molar refractivity (Wildman–Crippen MR) is 145 cm³/mol. The molecule has 0 aliphatic carbocycles. The van der Waals surface area contributed by atoms with Crippen molar-refractivity contribution in [2.75, 3.05) is 17.1 Å². The van der Waals surface area contributed by atoms with Crippen LogP contribution in [0.3, 0.4) is 0 Å². The Kier molecular flexibility index (Phi) is 10.4. The minimum Gasteiger partial charge on any atom is -0.352 e. The van der Waals surface area contributed by atoms with E-state index in [9.17, 15) is 18.0 Å². The molecule has 0 unspecified atom stereocenters. The Morgan fingerprint density at radius 1 is 1.03 bits per heavy atom. The van der Waals surface area contributed by atoms with Gasteiger partial charge in [-0.1, -0.05) is 38.1 Å². The lowest BCUT2D eigenvalue weighted by molar-refractivity contribution is -0.140. The topological polar surface area (TPSA) is 86.8 Å². The number of nitrogens with zero attached hydrogens (tertiary/aromatic N) is 2. The maximum atomic E-state index is 13.7. The molecule has 2 rings (SSSR count). The summed E-state index contributed by atoms with van der Waals surface area (Å²) >= 11 is 2.14. The fourth-order valence-corrected chi connectivity index (χ4v) is 4.76. The van der Waals surface area contributed by atoms with Crippen molar-refractivity contribution in [3.8, 4) is 0 Å². The van der Waals surface area contributed by atoms with Gasteiger partial charge < -0.3 is 10.2 Å². The summed E-state index contributed by atoms with van der Waals surface area (Å²) in [6.45, 7) is 7.52. The second kappa shape index (κ2) is 12.5. The fourth-order valence-electron chi connectivity index (χ4n) is 3.55. The van der Waals surface area contributed by atoms with E-state index in [2.05, 4.69) is 27.9 Å². The summed E-state index contributed by atoms with van der Waals surface area (Å²) in [5.74, 6) is -0.669. The molecule has 0 saturated heterocycles. The summed E-state index contributed by atoms with van der Waals surface area (Å²) in [6.07, 6.45) is 2.25. The van der Waals surface area contributed by atoms with Crippen LogP contribution in [0.1, 0.15) is 44.7 Å². The number of sulfonamides is 1. The first-order valence-electron chi connectivity index (χ1n) is 11.4. The van der Waals surface area contributed by atoms with Crippen LogP contribution in [0.2, 0.25) is 0 Å². The number of rotatable bonds is 11. The number of benzene rings is 2. The predicted octanol–water partition coefficient (Wildman–Crippen LogP) is 4.09. The van der Waals surface area contributed by atoms with Crippen molar-refractivity contribution in [3.63, 3.8) is 0 Å². The summed E-state index contributed by atoms with van der Waals surface area (Å²) in [4.78, 5) is 28.3. The highest BCUT2D eigenvalue weighted by molar-refractivity contribution is 14.1. The van der Waals surface area contributed by atoms with E-state index in [0.29, 0.717) is 12.1 Å². The van der Waals surface area contributed by atoms with E-state index >= 15 is 0 Å². The number of hydrogen-bond acceptors (Lipinski definition) is 4. The van der Waals surface area contributed by atoms with Crippen molar-refractivity contribution in [1.82, 2.24) is 10.2 Å². The summed E-state index contributed by atoms with van der Waals surface area (Å²) < 4.78 is 27.3. The van der Waals surface area contributed by atoms with Gasteiger partial charge in [-0.25, -0.2) is 8.42 Å². The number of amides is 2. The molecule has 0 aliphatic heterocycles. The summed E-state index contributed by atoms with van der Waals surface area (Å²) in [6, 6.07) is 13.9. The molecule has 0 fully saturated rings. The second-order valence-corrected chi connectivity index (χ2v) is 11.6. The molecule has 2 aromatic rings. The summed E-state index contributed by atoms with van der Waals surface area (Å²) in [5, 5.41) is 2.97. The standard InChI is InChI=1S/C25H34IN3O4S/c1-6-19(4)27-25(31)23(7-2)28(16-20-11-9-8-10-18(20)3)24(30)17-29(34(5,32)33)22-14-12-21(26)13-15-22/h8-15,19,23H,6-7,16-17H2,1-5H3,(H,27,31)/t19-,23+/m1/s1. The Hall–Kier alpha value is -2.14. The molecule has 0 bridgehead atoms. The third-order valence-electron chi connectivity index (χ3n) is 5.78. The zero-order valence-corrected chi connectivity index (χ0v) is 23.4. The third kappa shape index (κ3) is 7.69. The first-order valence-corrected chi connectivity index (χ1v) is 14.3. The van der Waals surface area contributed by atoms with Crippen LogP contribution in [0, 0.1) is 10.5 Å². The summed E-state index contributed by atoms with van der Waals surface area (Å²) in [5.41, 5.74) is 2.31. The van der Waals surface area contributed by atoms with Gasteiger partial charge in [0.2, 0.25) is 21.8 Å². The van der Waals surface area contributed by atoms with Crippen molar-refractivity contribution < 1.29 is 18.0 Å². The molecule has 2 aromatic carbocycles. The van der Waals surface area contributed by atoms with Gasteiger partial charge in [0.25, 0.3) is 0 Å². The van der Waals surface area contributed by atoms with Gasteiger partial charge in [0.1, 0.15) is 12.6 Å². The number of hydrogen-bond donors (Lipinski definition) is 1. The Morgan fingerprint density at radius 2 is 1.65 bits per heavy atom. The smallest absolute Gasteiger partial charge is 0.244 e. The molecule has 7 nitrogen and oxygen atoms in total. The Balaban J connectivity index is 2.44. The van der Waals surface area contributed by atoms with Crippen LogP contribution in [0.15, 0.2) is 48.5 Å². The quantitative estimate of drug-likeness (QED) is 0.395. The average Bonchev–Trinajstić information content (AvgIpc) is 2.78. The molecule has 0 aliphatic rings. The van der Waals surface area contributed by atoms with Crippen molar-refractivity contribution >= 4 is 50.1 Å². The third-order valence-corrected chi connectivity index (χ3v) is 7.64. The maximum Gasteiger partial charge on any atom is 0.244 e. The first kappa shape index (κ1) is 28.1. The zero-order chi connectivity index (χ0) is 25.5. The van der Waals surface area contributed by atoms with Crippen molar-refractivity contribution in [1.29, 1.82) is 0 Å². The fraction of sp³-hybridized carbons (Fsp3) is 0.440. The normalized spacial score (nSPS) is 13.1. The number of nitrogens with one attached hydrogen (secondary N) is 1. The molecule has 0 aromatic heterocycles. The van der Waals surface area contributed by atoms with E-state index in [-0.39, 0.29) is 18.5 Å². The van der Waals surface area contributed by atoms with Crippen molar-refractivity contribution in [2.24, 2.45) is 0 Å². The highest BCUT2D eigenvalue weighted by Crippen LogP contribution is 2.21. The highest BCUT2D eigenvalue weighted by atomic mass is 127. The van der Waals surface area contributed by atoms with Crippen molar-refractivity contribution in [3.05, 3.63) is 63.2 Å². The molecule has 34 heavy (non-hydrogen) atoms. The number of carbonyl (C=O) groups excluding carboxylic acids is 2. The molecule has 0 saturated carbocycles. The van der Waals surface area contributed by atoms with Gasteiger partial charge in [-0.2, -0.15) is 0 Å². The van der Waals surface area contributed by atoms with Crippen molar-refractivity contribution in [2.45, 2.75) is 59.2 Å². The first-order chi connectivity index (χ1) is 16.0. The molecule has 0 heterocycles. The minimum absolute atomic E-state index is 0.0312. The lowest BCUT2D eigenvalue weighted by atomic mass is 10.1. The van der Waals surface area contributed by atoms with Gasteiger partial charge >= 0.3 is 0 Å². The SMILES string of the molecule is CC[C@@H](C)NC(=O)[C@H](CC)N(Cc1ccccc1C)C(=O)CN(c1ccc(I)cc1)S(C)(=O)=O. The highest BCUT2D eigenvalue weighted by Gasteiger charge is 2.32. The van der Waals surface area contributed by atoms with Gasteiger partial charge in [-0.05, 0) is 84.7 Å². The van der Waals surface area contributed by atoms with Crippen LogP contribution in [0.4, 0.5) is 5.69 Å². The van der Waals surface area contributed by atoms with E-state index in [4.69, 9.17) is 0 Å². The Morgan fingerprint density at radius 3 is 2.18 bits per heavy atom. The zero-order valence-electron chi connectivity index (χ0n) is 20.4. The van der Waals surface area contributed by atoms with Gasteiger partial charge in [-0.15, -0.1) is 0 Å². The molecule has 186 valence electrons. The van der Waals surface area contributed by atoms with Crippen LogP contribution in [0.5, 0.6) is 0 Å². The molecule has 1 N–H and O–H groups in total. The molecule has 0 spiro atoms. The van der Waals surface area contributed by atoms with Gasteiger partial charge in [0.05, 0.1) is 11.9 Å². The van der Waals surface area contributed by atoms with Crippen LogP contribution in [-0.2, 0) is 26.2 Å². The van der Waals surface area contributed by atoms with E-state index < -0.39 is 28.5 Å². The largest absolute Gasteiger partial charge is 0.352 e. The van der Waals surface area contributed by atoms with Crippen LogP contribution >= 0.6 is 22.6 Å². The van der Waals surface area contributed by atoms with Crippen LogP contribution < -0.4 is 9.62 Å². The molecule has 2 amide bonds. The van der Waals surface area contributed by atoms with E-state index in [1.54, 1.807) is 24.3 Å². The van der Waals surface area contributed by atoms with Crippen LogP contribution in [-0.4, -0.2) is 50.0 Å². The average molecular weight is 600 g/mol. The van der Waals surface area contributed by atoms with Gasteiger partial charge in [-0.3, -0.25) is 13.9 Å². The second-order valence-electron chi connectivity index (χ2n) is 8.44. The number of halogens is 1. The molecule has 0 radical (unpaired) electrons. The Labute approximate surface area is 217 Å². The molecular weight excluding hydrogens is 565 g/mol. The van der Waals surface area contributed by atoms with E-state index in [1.807, 2.05) is 52.0 Å². The lowest BCUT2D eigenvalue weighted by Crippen LogP contribution is -2.53. The molecule has 2 atom stereocenters. The van der Waals surface area contributed by atoms with Gasteiger partial charge in [0.15, 0.2) is 0 Å². The van der Waals surface area contributed by atoms with E-state index in [0.717, 1.165) is 31.7 Å². The number of aryl methyl sites for hydroxylation is 1. The summed E-state index contributed by atoms with van der Waals surface area (Å²) in [7, 11) is -3.73.